The summed E-state index contributed by atoms with van der Waals surface area (Å²) in [5, 5.41) is 12.3. The molecule has 0 saturated carbocycles. The number of thiazole rings is 1. The molecule has 10 heteroatoms. The molecule has 29 heavy (non-hydrogen) atoms. The Hall–Kier alpha value is -3.06. The van der Waals surface area contributed by atoms with E-state index in [0.29, 0.717) is 0 Å². The van der Waals surface area contributed by atoms with Gasteiger partial charge >= 0.3 is 12.1 Å². The molecule has 6 nitrogen and oxygen atoms in total. The number of nitrogens with zero attached hydrogens (tertiary/aromatic N) is 2. The van der Waals surface area contributed by atoms with Crippen LogP contribution in [0, 0.1) is 11.3 Å². The van der Waals surface area contributed by atoms with Crippen LogP contribution in [0.1, 0.15) is 19.8 Å². The Morgan fingerprint density at radius 2 is 2.03 bits per heavy atom. The summed E-state index contributed by atoms with van der Waals surface area (Å²) in [6, 6.07) is 10.8. The molecule has 0 amide bonds. The van der Waals surface area contributed by atoms with Crippen LogP contribution in [0.4, 0.5) is 18.9 Å². The van der Waals surface area contributed by atoms with Gasteiger partial charge in [0, 0.05) is 24.9 Å². The molecule has 2 aromatic rings. The lowest BCUT2D eigenvalue weighted by Gasteiger charge is -2.06. The van der Waals surface area contributed by atoms with E-state index in [1.165, 1.54) is 10.8 Å². The Bertz CT molecular complexity index is 1070. The van der Waals surface area contributed by atoms with Gasteiger partial charge in [-0.2, -0.15) is 18.4 Å². The number of hydrogen-bond acceptors (Lipinski definition) is 6. The fraction of sp³-hybridized carbons (Fsp3) is 0.316. The Morgan fingerprint density at radius 1 is 1.34 bits per heavy atom. The predicted molar refractivity (Wildman–Crippen MR) is 103 cm³/mol. The molecule has 0 saturated heterocycles. The third-order valence-electron chi connectivity index (χ3n) is 3.74. The highest BCUT2D eigenvalue weighted by Gasteiger charge is 2.26. The van der Waals surface area contributed by atoms with Crippen molar-refractivity contribution in [1.82, 2.24) is 4.57 Å². The number of hydrogen-bond donors (Lipinski definition) is 1. The van der Waals surface area contributed by atoms with Crippen LogP contribution in [0.15, 0.2) is 35.1 Å². The Kier molecular flexibility index (Phi) is 7.61. The van der Waals surface area contributed by atoms with Crippen molar-refractivity contribution in [2.24, 2.45) is 0 Å². The minimum atomic E-state index is -4.35. The van der Waals surface area contributed by atoms with E-state index in [2.05, 4.69) is 5.32 Å². The van der Waals surface area contributed by atoms with Gasteiger partial charge in [-0.3, -0.25) is 9.36 Å². The molecule has 154 valence electrons. The maximum absolute atomic E-state index is 12.6. The van der Waals surface area contributed by atoms with Crippen LogP contribution in [0.2, 0.25) is 0 Å². The topological polar surface area (TPSA) is 84.1 Å². The number of halogens is 3. The van der Waals surface area contributed by atoms with E-state index in [-0.39, 0.29) is 15.7 Å². The summed E-state index contributed by atoms with van der Waals surface area (Å²) < 4.78 is 42.9. The van der Waals surface area contributed by atoms with Gasteiger partial charge in [-0.1, -0.05) is 18.2 Å². The van der Waals surface area contributed by atoms with Gasteiger partial charge in [-0.05, 0) is 25.5 Å². The fourth-order valence-electron chi connectivity index (χ4n) is 2.37. The second-order valence-electron chi connectivity index (χ2n) is 5.82. The molecule has 0 unspecified atom stereocenters. The Morgan fingerprint density at radius 3 is 2.62 bits per heavy atom. The van der Waals surface area contributed by atoms with Crippen LogP contribution in [0.25, 0.3) is 11.8 Å². The summed E-state index contributed by atoms with van der Waals surface area (Å²) in [7, 11) is 0. The van der Waals surface area contributed by atoms with Gasteiger partial charge in [0.25, 0.3) is 5.56 Å². The fourth-order valence-corrected chi connectivity index (χ4v) is 3.44. The second kappa shape index (κ2) is 9.93. The molecule has 0 radical (unpaired) electrons. The van der Waals surface area contributed by atoms with Crippen LogP contribution >= 0.6 is 11.3 Å². The number of nitriles is 1. The zero-order chi connectivity index (χ0) is 21.4. The third-order valence-corrected chi connectivity index (χ3v) is 4.87. The van der Waals surface area contributed by atoms with Crippen LogP contribution in [-0.4, -0.2) is 23.3 Å². The number of aromatic nitrogens is 1. The van der Waals surface area contributed by atoms with Gasteiger partial charge in [0.1, 0.15) is 15.3 Å². The summed E-state index contributed by atoms with van der Waals surface area (Å²) in [6.45, 7) is 1.41. The second-order valence-corrected chi connectivity index (χ2v) is 6.85. The largest absolute Gasteiger partial charge is 0.461 e. The quantitative estimate of drug-likeness (QED) is 0.544. The first-order valence-corrected chi connectivity index (χ1v) is 9.48. The van der Waals surface area contributed by atoms with Crippen molar-refractivity contribution in [1.29, 1.82) is 5.26 Å². The van der Waals surface area contributed by atoms with Crippen molar-refractivity contribution in [2.45, 2.75) is 32.5 Å². The molecule has 0 aliphatic heterocycles. The Balaban J connectivity index is 2.32. The lowest BCUT2D eigenvalue weighted by molar-refractivity contribution is -0.145. The van der Waals surface area contributed by atoms with Crippen molar-refractivity contribution in [2.75, 3.05) is 11.9 Å². The highest BCUT2D eigenvalue weighted by molar-refractivity contribution is 7.07. The van der Waals surface area contributed by atoms with Crippen LogP contribution in [0.3, 0.4) is 0 Å². The lowest BCUT2D eigenvalue weighted by Crippen LogP contribution is -2.32. The lowest BCUT2D eigenvalue weighted by atomic mass is 10.3. The molecule has 1 aromatic carbocycles. The van der Waals surface area contributed by atoms with Gasteiger partial charge in [0.15, 0.2) is 5.57 Å². The molecule has 0 fully saturated rings. The number of para-hydroxylation sites is 1. The molecule has 0 aliphatic rings. The zero-order valence-corrected chi connectivity index (χ0v) is 16.3. The van der Waals surface area contributed by atoms with Gasteiger partial charge in [0.05, 0.1) is 6.61 Å². The number of anilines is 1. The molecule has 0 bridgehead atoms. The van der Waals surface area contributed by atoms with Crippen molar-refractivity contribution < 1.29 is 22.7 Å². The summed E-state index contributed by atoms with van der Waals surface area (Å²) in [4.78, 5) is 24.7. The summed E-state index contributed by atoms with van der Waals surface area (Å²) in [5.41, 5.74) is -0.0627. The molecular formula is C19H18F3N3O3S. The molecule has 1 N–H and O–H groups in total. The van der Waals surface area contributed by atoms with Gasteiger partial charge in [-0.25, -0.2) is 4.79 Å². The normalized spacial score (nSPS) is 13.0. The van der Waals surface area contributed by atoms with E-state index in [0.717, 1.165) is 17.0 Å². The number of nitrogens with one attached hydrogen (secondary N) is 1. The number of benzene rings is 1. The standard InChI is InChI=1S/C19H18F3N3O3S/c1-2-25-16(26)15(12-24-13-7-4-3-5-8-13)29-17(25)14(11-23)18(27)28-10-6-9-19(20,21)22/h3-5,7-8,12,24H,2,6,9-10H2,1H3/b15-12+,17-14-. The monoisotopic (exact) mass is 425 g/mol. The minimum absolute atomic E-state index is 0.0990. The molecule has 0 spiro atoms. The average molecular weight is 425 g/mol. The number of esters is 1. The predicted octanol–water partition coefficient (Wildman–Crippen LogP) is 2.34. The molecule has 0 atom stereocenters. The zero-order valence-electron chi connectivity index (χ0n) is 15.5. The van der Waals surface area contributed by atoms with Crippen molar-refractivity contribution >= 4 is 34.8 Å². The number of carbonyl (C=O) groups is 1. The van der Waals surface area contributed by atoms with Gasteiger partial charge in [-0.15, -0.1) is 11.3 Å². The van der Waals surface area contributed by atoms with Crippen molar-refractivity contribution in [3.8, 4) is 6.07 Å². The molecule has 1 heterocycles. The summed E-state index contributed by atoms with van der Waals surface area (Å²) >= 11 is 0.926. The highest BCUT2D eigenvalue weighted by atomic mass is 32.1. The molecule has 2 rings (SSSR count). The van der Waals surface area contributed by atoms with E-state index in [9.17, 15) is 28.0 Å². The van der Waals surface area contributed by atoms with Crippen molar-refractivity contribution in [3.05, 3.63) is 49.9 Å². The smallest absolute Gasteiger partial charge is 0.389 e. The van der Waals surface area contributed by atoms with E-state index in [1.54, 1.807) is 25.1 Å². The molecular weight excluding hydrogens is 407 g/mol. The molecule has 0 aliphatic carbocycles. The maximum Gasteiger partial charge on any atom is 0.389 e. The number of carbonyl (C=O) groups excluding carboxylic acids is 1. The van der Waals surface area contributed by atoms with Crippen molar-refractivity contribution in [3.63, 3.8) is 0 Å². The Labute approximate surface area is 168 Å². The van der Waals surface area contributed by atoms with Crippen LogP contribution in [-0.2, 0) is 16.1 Å². The van der Waals surface area contributed by atoms with E-state index in [1.807, 2.05) is 18.2 Å². The van der Waals surface area contributed by atoms with Crippen LogP contribution < -0.4 is 20.1 Å². The summed E-state index contributed by atoms with van der Waals surface area (Å²) in [5.74, 6) is -1.05. The summed E-state index contributed by atoms with van der Waals surface area (Å²) in [6.07, 6.45) is -4.37. The number of alkyl halides is 3. The van der Waals surface area contributed by atoms with E-state index < -0.39 is 42.7 Å². The minimum Gasteiger partial charge on any atom is -0.461 e. The highest BCUT2D eigenvalue weighted by Crippen LogP contribution is 2.21. The van der Waals surface area contributed by atoms with Gasteiger partial charge in [0.2, 0.25) is 0 Å². The first-order chi connectivity index (χ1) is 13.8. The van der Waals surface area contributed by atoms with E-state index >= 15 is 0 Å². The van der Waals surface area contributed by atoms with E-state index in [4.69, 9.17) is 4.74 Å². The van der Waals surface area contributed by atoms with Gasteiger partial charge < -0.3 is 10.1 Å². The average Bonchev–Trinajstić information content (AvgIpc) is 2.99. The SMILES string of the molecule is CCn1c(=O)/c(=C\Nc2ccccc2)s/c1=C(/C#N)C(=O)OCCCC(F)(F)F. The first-order valence-electron chi connectivity index (χ1n) is 8.66. The number of rotatable bonds is 7. The maximum atomic E-state index is 12.6. The van der Waals surface area contributed by atoms with Crippen LogP contribution in [0.5, 0.6) is 0 Å². The first kappa shape index (κ1) is 22.2. The third kappa shape index (κ3) is 6.22. The molecule has 1 aromatic heterocycles. The number of ether oxygens (including phenoxy) is 1.